The molecule has 0 bridgehead atoms. The molecule has 1 aromatic rings. The lowest BCUT2D eigenvalue weighted by Gasteiger charge is -2.38. The van der Waals surface area contributed by atoms with Crippen molar-refractivity contribution in [2.75, 3.05) is 32.7 Å². The van der Waals surface area contributed by atoms with E-state index in [0.29, 0.717) is 12.6 Å². The Morgan fingerprint density at radius 2 is 1.80 bits per heavy atom. The first-order valence-corrected chi connectivity index (χ1v) is 9.63. The second-order valence-corrected chi connectivity index (χ2v) is 7.43. The Hall–Kier alpha value is -1.43. The number of carbonyl (C=O) groups excluding carboxylic acids is 1. The lowest BCUT2D eigenvalue weighted by atomic mass is 10.1. The van der Waals surface area contributed by atoms with E-state index in [0.717, 1.165) is 44.6 Å². The molecule has 3 rings (SSSR count). The van der Waals surface area contributed by atoms with Crippen LogP contribution in [0.15, 0.2) is 30.3 Å². The first-order valence-electron chi connectivity index (χ1n) is 9.63. The summed E-state index contributed by atoms with van der Waals surface area (Å²) >= 11 is 0. The number of nitrogens with one attached hydrogen (secondary N) is 1. The molecular formula is C20H31N3O2. The number of hydrogen-bond donors (Lipinski definition) is 2. The molecule has 0 radical (unpaired) electrons. The van der Waals surface area contributed by atoms with Gasteiger partial charge >= 0.3 is 0 Å². The highest BCUT2D eigenvalue weighted by molar-refractivity contribution is 5.81. The van der Waals surface area contributed by atoms with E-state index in [4.69, 9.17) is 0 Å². The van der Waals surface area contributed by atoms with Crippen LogP contribution in [-0.4, -0.2) is 65.6 Å². The monoisotopic (exact) mass is 345 g/mol. The topological polar surface area (TPSA) is 55.8 Å². The second kappa shape index (κ2) is 8.79. The Kier molecular flexibility index (Phi) is 6.45. The standard InChI is InChI=1S/C20H31N3O2/c1-16(20(25)21-18-9-5-6-10-18)23-13-11-22(12-14-23)15-19(24)17-7-3-2-4-8-17/h2-4,7-8,16,18-19,24H,5-6,9-15H2,1H3,(H,21,25)/t16-,19-/m1/s1. The second-order valence-electron chi connectivity index (χ2n) is 7.43. The fourth-order valence-electron chi connectivity index (χ4n) is 3.92. The number of aliphatic hydroxyl groups excluding tert-OH is 1. The molecule has 138 valence electrons. The number of rotatable bonds is 6. The number of amides is 1. The zero-order valence-electron chi connectivity index (χ0n) is 15.2. The van der Waals surface area contributed by atoms with Crippen LogP contribution in [0.5, 0.6) is 0 Å². The number of β-amino-alcohol motifs (C(OH)–C–C–N with tert-alkyl or cyclic N) is 1. The van der Waals surface area contributed by atoms with E-state index in [2.05, 4.69) is 15.1 Å². The zero-order chi connectivity index (χ0) is 17.6. The van der Waals surface area contributed by atoms with E-state index in [-0.39, 0.29) is 11.9 Å². The molecule has 0 spiro atoms. The van der Waals surface area contributed by atoms with Gasteiger partial charge in [-0.25, -0.2) is 0 Å². The molecule has 1 amide bonds. The highest BCUT2D eigenvalue weighted by Crippen LogP contribution is 2.19. The minimum atomic E-state index is -0.448. The van der Waals surface area contributed by atoms with E-state index in [1.807, 2.05) is 37.3 Å². The van der Waals surface area contributed by atoms with Crippen LogP contribution in [0.2, 0.25) is 0 Å². The van der Waals surface area contributed by atoms with Gasteiger partial charge in [-0.15, -0.1) is 0 Å². The summed E-state index contributed by atoms with van der Waals surface area (Å²) in [7, 11) is 0. The van der Waals surface area contributed by atoms with Crippen LogP contribution in [0, 0.1) is 0 Å². The number of aliphatic hydroxyl groups is 1. The van der Waals surface area contributed by atoms with Gasteiger partial charge in [0.15, 0.2) is 0 Å². The number of nitrogens with zero attached hydrogens (tertiary/aromatic N) is 2. The van der Waals surface area contributed by atoms with Gasteiger partial charge in [0.05, 0.1) is 12.1 Å². The van der Waals surface area contributed by atoms with Gasteiger partial charge < -0.3 is 10.4 Å². The van der Waals surface area contributed by atoms with Crippen molar-refractivity contribution >= 4 is 5.91 Å². The van der Waals surface area contributed by atoms with Gasteiger partial charge in [0.2, 0.25) is 5.91 Å². The predicted octanol–water partition coefficient (Wildman–Crippen LogP) is 1.78. The summed E-state index contributed by atoms with van der Waals surface area (Å²) in [6.45, 7) is 6.21. The van der Waals surface area contributed by atoms with Crippen LogP contribution in [0.25, 0.3) is 0 Å². The molecule has 1 aliphatic heterocycles. The van der Waals surface area contributed by atoms with Gasteiger partial charge in [0.25, 0.3) is 0 Å². The summed E-state index contributed by atoms with van der Waals surface area (Å²) in [4.78, 5) is 17.0. The quantitative estimate of drug-likeness (QED) is 0.825. The molecule has 1 saturated carbocycles. The average molecular weight is 345 g/mol. The molecule has 25 heavy (non-hydrogen) atoms. The molecule has 1 saturated heterocycles. The van der Waals surface area contributed by atoms with Crippen molar-refractivity contribution in [1.29, 1.82) is 0 Å². The van der Waals surface area contributed by atoms with E-state index in [1.54, 1.807) is 0 Å². The van der Waals surface area contributed by atoms with Crippen molar-refractivity contribution < 1.29 is 9.90 Å². The summed E-state index contributed by atoms with van der Waals surface area (Å²) in [5, 5.41) is 13.6. The van der Waals surface area contributed by atoms with E-state index < -0.39 is 6.10 Å². The largest absolute Gasteiger partial charge is 0.387 e. The molecule has 2 aliphatic rings. The van der Waals surface area contributed by atoms with Crippen molar-refractivity contribution in [1.82, 2.24) is 15.1 Å². The minimum Gasteiger partial charge on any atom is -0.387 e. The van der Waals surface area contributed by atoms with Crippen LogP contribution in [-0.2, 0) is 4.79 Å². The predicted molar refractivity (Wildman–Crippen MR) is 99.3 cm³/mol. The van der Waals surface area contributed by atoms with Gasteiger partial charge in [-0.2, -0.15) is 0 Å². The third-order valence-corrected chi connectivity index (χ3v) is 5.65. The lowest BCUT2D eigenvalue weighted by molar-refractivity contribution is -0.127. The van der Waals surface area contributed by atoms with Gasteiger partial charge in [0.1, 0.15) is 0 Å². The summed E-state index contributed by atoms with van der Waals surface area (Å²) in [5.74, 6) is 0.171. The molecular weight excluding hydrogens is 314 g/mol. The number of carbonyl (C=O) groups is 1. The lowest BCUT2D eigenvalue weighted by Crippen LogP contribution is -2.55. The van der Waals surface area contributed by atoms with Crippen molar-refractivity contribution in [3.63, 3.8) is 0 Å². The Morgan fingerprint density at radius 1 is 1.16 bits per heavy atom. The third kappa shape index (κ3) is 5.03. The first kappa shape index (κ1) is 18.4. The van der Waals surface area contributed by atoms with Crippen LogP contribution in [0.3, 0.4) is 0 Å². The van der Waals surface area contributed by atoms with Crippen molar-refractivity contribution in [3.05, 3.63) is 35.9 Å². The Bertz CT molecular complexity index is 537. The smallest absolute Gasteiger partial charge is 0.237 e. The van der Waals surface area contributed by atoms with E-state index >= 15 is 0 Å². The highest BCUT2D eigenvalue weighted by atomic mass is 16.3. The Labute approximate surface area is 151 Å². The summed E-state index contributed by atoms with van der Waals surface area (Å²) < 4.78 is 0. The zero-order valence-corrected chi connectivity index (χ0v) is 15.2. The molecule has 5 nitrogen and oxygen atoms in total. The molecule has 1 aromatic carbocycles. The Balaban J connectivity index is 1.42. The van der Waals surface area contributed by atoms with Crippen LogP contribution >= 0.6 is 0 Å². The molecule has 5 heteroatoms. The normalized spacial score (nSPS) is 22.6. The van der Waals surface area contributed by atoms with Crippen LogP contribution in [0.4, 0.5) is 0 Å². The molecule has 1 heterocycles. The molecule has 2 atom stereocenters. The Morgan fingerprint density at radius 3 is 2.44 bits per heavy atom. The van der Waals surface area contributed by atoms with E-state index in [9.17, 15) is 9.90 Å². The maximum atomic E-state index is 12.4. The molecule has 0 aromatic heterocycles. The molecule has 1 aliphatic carbocycles. The van der Waals surface area contributed by atoms with Gasteiger partial charge in [-0.05, 0) is 25.3 Å². The van der Waals surface area contributed by atoms with Crippen LogP contribution < -0.4 is 5.32 Å². The maximum absolute atomic E-state index is 12.4. The summed E-state index contributed by atoms with van der Waals surface area (Å²) in [6.07, 6.45) is 4.28. The molecule has 2 N–H and O–H groups in total. The van der Waals surface area contributed by atoms with Gasteiger partial charge in [-0.1, -0.05) is 43.2 Å². The third-order valence-electron chi connectivity index (χ3n) is 5.65. The SMILES string of the molecule is C[C@H](C(=O)NC1CCCC1)N1CCN(C[C@@H](O)c2ccccc2)CC1. The fraction of sp³-hybridized carbons (Fsp3) is 0.650. The van der Waals surface area contributed by atoms with Crippen molar-refractivity contribution in [3.8, 4) is 0 Å². The summed E-state index contributed by atoms with van der Waals surface area (Å²) in [5.41, 5.74) is 0.967. The maximum Gasteiger partial charge on any atom is 0.237 e. The van der Waals surface area contributed by atoms with E-state index in [1.165, 1.54) is 12.8 Å². The van der Waals surface area contributed by atoms with Crippen molar-refractivity contribution in [2.24, 2.45) is 0 Å². The minimum absolute atomic E-state index is 0.0678. The fourth-order valence-corrected chi connectivity index (χ4v) is 3.92. The number of benzene rings is 1. The first-order chi connectivity index (χ1) is 12.1. The molecule has 0 unspecified atom stereocenters. The van der Waals surface area contributed by atoms with Gasteiger partial charge in [-0.3, -0.25) is 14.6 Å². The number of hydrogen-bond acceptors (Lipinski definition) is 4. The van der Waals surface area contributed by atoms with Gasteiger partial charge in [0, 0.05) is 38.8 Å². The number of piperazine rings is 1. The average Bonchev–Trinajstić information content (AvgIpc) is 3.15. The highest BCUT2D eigenvalue weighted by Gasteiger charge is 2.28. The van der Waals surface area contributed by atoms with Crippen molar-refractivity contribution in [2.45, 2.75) is 50.8 Å². The summed E-state index contributed by atoms with van der Waals surface area (Å²) in [6, 6.07) is 10.1. The van der Waals surface area contributed by atoms with Crippen LogP contribution in [0.1, 0.15) is 44.3 Å². The molecule has 2 fully saturated rings.